The van der Waals surface area contributed by atoms with Gasteiger partial charge < -0.3 is 14.4 Å². The number of allylic oxidation sites excluding steroid dienone is 1. The summed E-state index contributed by atoms with van der Waals surface area (Å²) in [4.78, 5) is 26.7. The van der Waals surface area contributed by atoms with Gasteiger partial charge in [0.15, 0.2) is 0 Å². The average molecular weight is 572 g/mol. The first-order valence-electron chi connectivity index (χ1n) is 17.1. The van der Waals surface area contributed by atoms with Gasteiger partial charge in [-0.3, -0.25) is 9.59 Å². The third kappa shape index (κ3) is 7.60. The Bertz CT molecular complexity index is 927. The summed E-state index contributed by atoms with van der Waals surface area (Å²) in [7, 11) is 4.00. The van der Waals surface area contributed by atoms with Gasteiger partial charge in [-0.1, -0.05) is 65.5 Å². The second-order valence-electron chi connectivity index (χ2n) is 15.5. The molecule has 0 aromatic rings. The molecule has 0 unspecified atom stereocenters. The van der Waals surface area contributed by atoms with Crippen LogP contribution >= 0.6 is 0 Å². The number of hydrogen-bond acceptors (Lipinski definition) is 5. The minimum absolute atomic E-state index is 0.0501. The fourth-order valence-electron chi connectivity index (χ4n) is 9.84. The van der Waals surface area contributed by atoms with Crippen molar-refractivity contribution in [2.75, 3.05) is 27.2 Å². The molecule has 0 radical (unpaired) electrons. The standard InChI is InChI=1S/C36H61NO4/c1-25(2)10-8-11-26(3)30-14-15-31-29-13-12-27-24-28(18-20-35(27,4)32(29)19-21-36(30,31)5)41-34(39)17-16-33(38)40-23-9-22-37(6)7/h12,25-26,28-32H,8-11,13-24H2,1-7H3/t26-,28+,29+,30-,31+,32+,35+,36-/m1/s1. The Labute approximate surface area is 251 Å². The molecule has 4 aliphatic carbocycles. The van der Waals surface area contributed by atoms with Crippen LogP contribution in [-0.2, 0) is 19.1 Å². The van der Waals surface area contributed by atoms with E-state index < -0.39 is 0 Å². The van der Waals surface area contributed by atoms with E-state index in [1.807, 2.05) is 14.1 Å². The van der Waals surface area contributed by atoms with Crippen LogP contribution < -0.4 is 0 Å². The molecule has 8 atom stereocenters. The fourth-order valence-corrected chi connectivity index (χ4v) is 9.84. The van der Waals surface area contributed by atoms with Crippen molar-refractivity contribution in [3.63, 3.8) is 0 Å². The number of hydrogen-bond donors (Lipinski definition) is 0. The molecule has 234 valence electrons. The lowest BCUT2D eigenvalue weighted by Crippen LogP contribution is -2.51. The number of ether oxygens (including phenoxy) is 2. The lowest BCUT2D eigenvalue weighted by atomic mass is 9.47. The van der Waals surface area contributed by atoms with E-state index in [1.165, 1.54) is 51.4 Å². The molecule has 0 heterocycles. The van der Waals surface area contributed by atoms with Crippen molar-refractivity contribution in [2.24, 2.45) is 46.3 Å². The van der Waals surface area contributed by atoms with Gasteiger partial charge in [0.25, 0.3) is 0 Å². The van der Waals surface area contributed by atoms with Crippen molar-refractivity contribution in [2.45, 2.75) is 131 Å². The third-order valence-electron chi connectivity index (χ3n) is 12.1. The van der Waals surface area contributed by atoms with Crippen molar-refractivity contribution >= 4 is 11.9 Å². The second-order valence-corrected chi connectivity index (χ2v) is 15.5. The monoisotopic (exact) mass is 571 g/mol. The molecular formula is C36H61NO4. The summed E-state index contributed by atoms with van der Waals surface area (Å²) in [5.41, 5.74) is 2.31. The molecular weight excluding hydrogens is 510 g/mol. The van der Waals surface area contributed by atoms with E-state index in [0.717, 1.165) is 67.7 Å². The predicted octanol–water partition coefficient (Wildman–Crippen LogP) is 8.21. The molecule has 41 heavy (non-hydrogen) atoms. The van der Waals surface area contributed by atoms with Gasteiger partial charge in [0.1, 0.15) is 6.10 Å². The molecule has 0 spiro atoms. The highest BCUT2D eigenvalue weighted by atomic mass is 16.5. The maximum Gasteiger partial charge on any atom is 0.306 e. The lowest BCUT2D eigenvalue weighted by molar-refractivity contribution is -0.155. The summed E-state index contributed by atoms with van der Waals surface area (Å²) in [5.74, 6) is 4.45. The topological polar surface area (TPSA) is 55.8 Å². The number of carbonyl (C=O) groups is 2. The Balaban J connectivity index is 1.28. The summed E-state index contributed by atoms with van der Waals surface area (Å²) in [6, 6.07) is 0. The van der Waals surface area contributed by atoms with E-state index >= 15 is 0 Å². The van der Waals surface area contributed by atoms with E-state index in [9.17, 15) is 9.59 Å². The number of carbonyl (C=O) groups excluding carboxylic acids is 2. The van der Waals surface area contributed by atoms with Crippen LogP contribution in [0.25, 0.3) is 0 Å². The van der Waals surface area contributed by atoms with Gasteiger partial charge in [0, 0.05) is 13.0 Å². The highest BCUT2D eigenvalue weighted by Crippen LogP contribution is 2.67. The molecule has 3 saturated carbocycles. The van der Waals surface area contributed by atoms with Gasteiger partial charge in [-0.2, -0.15) is 0 Å². The van der Waals surface area contributed by atoms with Crippen LogP contribution in [0.15, 0.2) is 11.6 Å². The average Bonchev–Trinajstić information content (AvgIpc) is 3.27. The maximum absolute atomic E-state index is 12.6. The van der Waals surface area contributed by atoms with Gasteiger partial charge in [-0.15, -0.1) is 0 Å². The Morgan fingerprint density at radius 2 is 1.71 bits per heavy atom. The van der Waals surface area contributed by atoms with Gasteiger partial charge in [0.05, 0.1) is 19.4 Å². The van der Waals surface area contributed by atoms with E-state index in [-0.39, 0.29) is 36.3 Å². The highest BCUT2D eigenvalue weighted by molar-refractivity contribution is 5.77. The van der Waals surface area contributed by atoms with Crippen molar-refractivity contribution in [1.29, 1.82) is 0 Å². The summed E-state index contributed by atoms with van der Waals surface area (Å²) >= 11 is 0. The van der Waals surface area contributed by atoms with E-state index in [4.69, 9.17) is 9.47 Å². The summed E-state index contributed by atoms with van der Waals surface area (Å²) in [6.45, 7) is 13.8. The highest BCUT2D eigenvalue weighted by Gasteiger charge is 2.59. The first-order valence-corrected chi connectivity index (χ1v) is 17.1. The minimum atomic E-state index is -0.304. The van der Waals surface area contributed by atoms with Crippen LogP contribution in [0.3, 0.4) is 0 Å². The molecule has 0 aliphatic heterocycles. The van der Waals surface area contributed by atoms with Crippen molar-refractivity contribution in [3.05, 3.63) is 11.6 Å². The molecule has 3 fully saturated rings. The lowest BCUT2D eigenvalue weighted by Gasteiger charge is -2.58. The molecule has 0 amide bonds. The van der Waals surface area contributed by atoms with Gasteiger partial charge in [-0.25, -0.2) is 0 Å². The van der Waals surface area contributed by atoms with Crippen molar-refractivity contribution in [3.8, 4) is 0 Å². The molecule has 0 aromatic carbocycles. The molecule has 4 rings (SSSR count). The van der Waals surface area contributed by atoms with E-state index in [1.54, 1.807) is 5.57 Å². The number of nitrogens with zero attached hydrogens (tertiary/aromatic N) is 1. The first-order chi connectivity index (χ1) is 19.4. The Morgan fingerprint density at radius 1 is 0.951 bits per heavy atom. The summed E-state index contributed by atoms with van der Waals surface area (Å²) in [5, 5.41) is 0. The van der Waals surface area contributed by atoms with E-state index in [2.05, 4.69) is 45.6 Å². The molecule has 0 N–H and O–H groups in total. The van der Waals surface area contributed by atoms with Gasteiger partial charge in [0.2, 0.25) is 0 Å². The zero-order valence-corrected chi connectivity index (χ0v) is 27.5. The Kier molecular flexibility index (Phi) is 11.1. The third-order valence-corrected chi connectivity index (χ3v) is 12.1. The van der Waals surface area contributed by atoms with Crippen molar-refractivity contribution in [1.82, 2.24) is 4.90 Å². The number of rotatable bonds is 13. The van der Waals surface area contributed by atoms with E-state index in [0.29, 0.717) is 12.0 Å². The predicted molar refractivity (Wildman–Crippen MR) is 166 cm³/mol. The molecule has 0 bridgehead atoms. The first kappa shape index (κ1) is 32.6. The van der Waals surface area contributed by atoms with Crippen LogP contribution in [0.1, 0.15) is 125 Å². The van der Waals surface area contributed by atoms with Crippen LogP contribution in [0.5, 0.6) is 0 Å². The smallest absolute Gasteiger partial charge is 0.306 e. The molecule has 5 heteroatoms. The molecule has 5 nitrogen and oxygen atoms in total. The van der Waals surface area contributed by atoms with Crippen molar-refractivity contribution < 1.29 is 19.1 Å². The number of esters is 2. The SMILES string of the molecule is CC(C)CCC[C@@H](C)[C@H]1CC[C@H]2[C@@H]3CC=C4C[C@@H](OC(=O)CCC(=O)OCCCN(C)C)CC[C@]4(C)[C@H]3CC[C@]12C. The minimum Gasteiger partial charge on any atom is -0.466 e. The van der Waals surface area contributed by atoms with Crippen LogP contribution in [0.4, 0.5) is 0 Å². The second kappa shape index (κ2) is 14.0. The molecule has 0 aromatic heterocycles. The molecule has 0 saturated heterocycles. The number of fused-ring (bicyclic) bond motifs is 5. The zero-order chi connectivity index (χ0) is 29.8. The van der Waals surface area contributed by atoms with Gasteiger partial charge >= 0.3 is 11.9 Å². The normalized spacial score (nSPS) is 35.3. The molecule has 4 aliphatic rings. The fraction of sp³-hybridized carbons (Fsp3) is 0.889. The van der Waals surface area contributed by atoms with Crippen LogP contribution in [0.2, 0.25) is 0 Å². The zero-order valence-electron chi connectivity index (χ0n) is 27.5. The summed E-state index contributed by atoms with van der Waals surface area (Å²) < 4.78 is 11.2. The Hall–Kier alpha value is -1.36. The summed E-state index contributed by atoms with van der Waals surface area (Å²) in [6.07, 6.45) is 17.5. The maximum atomic E-state index is 12.6. The Morgan fingerprint density at radius 3 is 2.44 bits per heavy atom. The quantitative estimate of drug-likeness (QED) is 0.127. The van der Waals surface area contributed by atoms with Crippen LogP contribution in [-0.4, -0.2) is 50.2 Å². The largest absolute Gasteiger partial charge is 0.466 e. The van der Waals surface area contributed by atoms with Gasteiger partial charge in [-0.05, 0) is 112 Å². The van der Waals surface area contributed by atoms with Crippen LogP contribution in [0, 0.1) is 46.3 Å².